The van der Waals surface area contributed by atoms with E-state index in [9.17, 15) is 13.7 Å². The maximum Gasteiger partial charge on any atom is 0.247 e. The van der Waals surface area contributed by atoms with Gasteiger partial charge in [-0.3, -0.25) is 0 Å². The minimum absolute atomic E-state index is 0.0156. The Morgan fingerprint density at radius 1 is 1.24 bits per heavy atom. The number of halogens is 1. The molecule has 29 heavy (non-hydrogen) atoms. The topological polar surface area (TPSA) is 82.9 Å². The van der Waals surface area contributed by atoms with Crippen LogP contribution < -0.4 is 9.47 Å². The molecule has 2 aromatic rings. The summed E-state index contributed by atoms with van der Waals surface area (Å²) >= 11 is 6.30. The van der Waals surface area contributed by atoms with E-state index in [0.717, 1.165) is 0 Å². The standard InChI is InChI=1S/C20H22ClN3O4S/c1-27-17-7-8-19(28-2)20(11-17)29(25,26)24(16-9-10-23(13-16)14-22)12-15-5-3-4-6-18(15)21/h3-8,11,16H,9-10,12-13H2,1-2H3. The van der Waals surface area contributed by atoms with Gasteiger partial charge in [-0.15, -0.1) is 0 Å². The zero-order valence-electron chi connectivity index (χ0n) is 16.2. The highest BCUT2D eigenvalue weighted by Gasteiger charge is 2.37. The number of rotatable bonds is 7. The van der Waals surface area contributed by atoms with Crippen LogP contribution in [0.25, 0.3) is 0 Å². The Hall–Kier alpha value is -2.47. The van der Waals surface area contributed by atoms with E-state index in [1.807, 2.05) is 6.07 Å². The van der Waals surface area contributed by atoms with E-state index >= 15 is 0 Å². The van der Waals surface area contributed by atoms with E-state index in [-0.39, 0.29) is 23.2 Å². The highest BCUT2D eigenvalue weighted by Crippen LogP contribution is 2.34. The van der Waals surface area contributed by atoms with Gasteiger partial charge in [0.15, 0.2) is 6.19 Å². The van der Waals surface area contributed by atoms with Crippen LogP contribution in [0.15, 0.2) is 47.4 Å². The fraction of sp³-hybridized carbons (Fsp3) is 0.350. The Morgan fingerprint density at radius 3 is 2.62 bits per heavy atom. The fourth-order valence-electron chi connectivity index (χ4n) is 3.38. The Bertz CT molecular complexity index is 1020. The first-order valence-electron chi connectivity index (χ1n) is 9.02. The Morgan fingerprint density at radius 2 is 2.00 bits per heavy atom. The van der Waals surface area contributed by atoms with Gasteiger partial charge < -0.3 is 14.4 Å². The van der Waals surface area contributed by atoms with E-state index in [1.54, 1.807) is 35.2 Å². The molecule has 1 saturated heterocycles. The number of nitriles is 1. The van der Waals surface area contributed by atoms with E-state index in [0.29, 0.717) is 35.8 Å². The van der Waals surface area contributed by atoms with Crippen LogP contribution in [-0.2, 0) is 16.6 Å². The van der Waals surface area contributed by atoms with Gasteiger partial charge in [0.05, 0.1) is 14.2 Å². The summed E-state index contributed by atoms with van der Waals surface area (Å²) in [6, 6.07) is 11.4. The van der Waals surface area contributed by atoms with Crippen molar-refractivity contribution in [3.8, 4) is 17.7 Å². The lowest BCUT2D eigenvalue weighted by molar-refractivity contribution is 0.311. The number of hydrogen-bond acceptors (Lipinski definition) is 6. The fourth-order valence-corrected chi connectivity index (χ4v) is 5.38. The molecule has 1 unspecified atom stereocenters. The molecule has 0 radical (unpaired) electrons. The summed E-state index contributed by atoms with van der Waals surface area (Å²) in [7, 11) is -1.08. The molecule has 0 saturated carbocycles. The lowest BCUT2D eigenvalue weighted by Gasteiger charge is -2.29. The van der Waals surface area contributed by atoms with Gasteiger partial charge in [-0.25, -0.2) is 8.42 Å². The van der Waals surface area contributed by atoms with Crippen LogP contribution >= 0.6 is 11.6 Å². The largest absolute Gasteiger partial charge is 0.497 e. The van der Waals surface area contributed by atoms with Crippen LogP contribution in [0, 0.1) is 11.5 Å². The molecule has 2 aromatic carbocycles. The second-order valence-electron chi connectivity index (χ2n) is 6.65. The molecule has 3 rings (SSSR count). The highest BCUT2D eigenvalue weighted by molar-refractivity contribution is 7.89. The average molecular weight is 436 g/mol. The minimum atomic E-state index is -3.97. The van der Waals surface area contributed by atoms with Gasteiger partial charge in [0.1, 0.15) is 16.4 Å². The average Bonchev–Trinajstić information content (AvgIpc) is 3.21. The Balaban J connectivity index is 2.08. The van der Waals surface area contributed by atoms with Crippen LogP contribution in [0.3, 0.4) is 0 Å². The molecule has 1 aliphatic heterocycles. The summed E-state index contributed by atoms with van der Waals surface area (Å²) in [6.45, 7) is 0.920. The molecule has 0 bridgehead atoms. The van der Waals surface area contributed by atoms with Gasteiger partial charge >= 0.3 is 0 Å². The molecule has 0 amide bonds. The molecule has 1 heterocycles. The molecular formula is C20H22ClN3O4S. The lowest BCUT2D eigenvalue weighted by Crippen LogP contribution is -2.41. The molecule has 0 aliphatic carbocycles. The van der Waals surface area contributed by atoms with Gasteiger partial charge in [0.2, 0.25) is 10.0 Å². The first kappa shape index (κ1) is 21.2. The van der Waals surface area contributed by atoms with Crippen molar-refractivity contribution in [1.29, 1.82) is 5.26 Å². The predicted octanol–water partition coefficient (Wildman–Crippen LogP) is 3.10. The molecule has 1 fully saturated rings. The van der Waals surface area contributed by atoms with Gasteiger partial charge in [-0.05, 0) is 30.2 Å². The third-order valence-electron chi connectivity index (χ3n) is 4.95. The van der Waals surface area contributed by atoms with Crippen LogP contribution in [0.2, 0.25) is 5.02 Å². The van der Waals surface area contributed by atoms with Gasteiger partial charge in [0, 0.05) is 36.8 Å². The molecule has 0 N–H and O–H groups in total. The molecule has 1 atom stereocenters. The van der Waals surface area contributed by atoms with E-state index in [4.69, 9.17) is 21.1 Å². The third-order valence-corrected chi connectivity index (χ3v) is 7.24. The predicted molar refractivity (Wildman–Crippen MR) is 109 cm³/mol. The second kappa shape index (κ2) is 8.91. The molecule has 0 aromatic heterocycles. The zero-order chi connectivity index (χ0) is 21.0. The van der Waals surface area contributed by atoms with Crippen molar-refractivity contribution in [3.05, 3.63) is 53.1 Å². The summed E-state index contributed by atoms with van der Waals surface area (Å²) < 4.78 is 39.4. The highest BCUT2D eigenvalue weighted by atomic mass is 35.5. The van der Waals surface area contributed by atoms with Crippen molar-refractivity contribution in [1.82, 2.24) is 9.21 Å². The summed E-state index contributed by atoms with van der Waals surface area (Å²) in [5.74, 6) is 0.636. The van der Waals surface area contributed by atoms with E-state index < -0.39 is 10.0 Å². The number of hydrogen-bond donors (Lipinski definition) is 0. The second-order valence-corrected chi connectivity index (χ2v) is 8.91. The number of methoxy groups -OCH3 is 2. The van der Waals surface area contributed by atoms with E-state index in [2.05, 4.69) is 6.19 Å². The minimum Gasteiger partial charge on any atom is -0.497 e. The SMILES string of the molecule is COc1ccc(OC)c(S(=O)(=O)N(Cc2ccccc2Cl)C2CCN(C#N)C2)c1. The molecule has 0 spiro atoms. The van der Waals surface area contributed by atoms with Gasteiger partial charge in [0.25, 0.3) is 0 Å². The number of benzene rings is 2. The maximum atomic E-state index is 13.7. The van der Waals surface area contributed by atoms with Crippen molar-refractivity contribution < 1.29 is 17.9 Å². The quantitative estimate of drug-likeness (QED) is 0.621. The van der Waals surface area contributed by atoms with Crippen molar-refractivity contribution in [2.45, 2.75) is 23.9 Å². The summed E-state index contributed by atoms with van der Waals surface area (Å²) in [6.07, 6.45) is 2.64. The maximum absolute atomic E-state index is 13.7. The number of nitrogens with zero attached hydrogens (tertiary/aromatic N) is 3. The number of ether oxygens (including phenoxy) is 2. The summed E-state index contributed by atoms with van der Waals surface area (Å²) in [4.78, 5) is 1.57. The summed E-state index contributed by atoms with van der Waals surface area (Å²) in [5.41, 5.74) is 0.690. The Kier molecular flexibility index (Phi) is 6.52. The molecule has 7 nitrogen and oxygen atoms in total. The van der Waals surface area contributed by atoms with Gasteiger partial charge in [-0.1, -0.05) is 29.8 Å². The van der Waals surface area contributed by atoms with Gasteiger partial charge in [-0.2, -0.15) is 9.57 Å². The first-order valence-corrected chi connectivity index (χ1v) is 10.8. The van der Waals surface area contributed by atoms with Crippen molar-refractivity contribution in [2.24, 2.45) is 0 Å². The normalized spacial score (nSPS) is 16.7. The van der Waals surface area contributed by atoms with Crippen molar-refractivity contribution in [3.63, 3.8) is 0 Å². The lowest BCUT2D eigenvalue weighted by atomic mass is 10.2. The smallest absolute Gasteiger partial charge is 0.247 e. The van der Waals surface area contributed by atoms with Crippen LogP contribution in [0.4, 0.5) is 0 Å². The van der Waals surface area contributed by atoms with Crippen molar-refractivity contribution >= 4 is 21.6 Å². The molecule has 9 heteroatoms. The molecule has 1 aliphatic rings. The first-order chi connectivity index (χ1) is 13.9. The van der Waals surface area contributed by atoms with Crippen LogP contribution in [0.1, 0.15) is 12.0 Å². The van der Waals surface area contributed by atoms with Crippen LogP contribution in [-0.4, -0.2) is 51.0 Å². The monoisotopic (exact) mass is 435 g/mol. The molecular weight excluding hydrogens is 414 g/mol. The number of likely N-dealkylation sites (tertiary alicyclic amines) is 1. The Labute approximate surface area is 176 Å². The summed E-state index contributed by atoms with van der Waals surface area (Å²) in [5, 5.41) is 9.71. The van der Waals surface area contributed by atoms with Crippen LogP contribution in [0.5, 0.6) is 11.5 Å². The third kappa shape index (κ3) is 4.42. The zero-order valence-corrected chi connectivity index (χ0v) is 17.8. The number of sulfonamides is 1. The molecule has 154 valence electrons. The van der Waals surface area contributed by atoms with Crippen molar-refractivity contribution in [2.75, 3.05) is 27.3 Å². The van der Waals surface area contributed by atoms with E-state index in [1.165, 1.54) is 24.6 Å².